The van der Waals surface area contributed by atoms with Crippen molar-refractivity contribution in [1.82, 2.24) is 10.2 Å². The molecule has 3 N–H and O–H groups in total. The molecule has 134 valence electrons. The normalized spacial score (nSPS) is 25.6. The van der Waals surface area contributed by atoms with Gasteiger partial charge in [0.2, 0.25) is 11.8 Å². The van der Waals surface area contributed by atoms with Crippen molar-refractivity contribution in [3.63, 3.8) is 0 Å². The van der Waals surface area contributed by atoms with Crippen LogP contribution >= 0.6 is 12.4 Å². The predicted molar refractivity (Wildman–Crippen MR) is 94.4 cm³/mol. The molecule has 5 nitrogen and oxygen atoms in total. The molecule has 0 aromatic heterocycles. The first kappa shape index (κ1) is 20.2. The Hall–Kier alpha value is -0.810. The molecule has 2 rings (SSSR count). The van der Waals surface area contributed by atoms with Gasteiger partial charge >= 0.3 is 0 Å². The van der Waals surface area contributed by atoms with Crippen molar-refractivity contribution in [2.24, 2.45) is 17.6 Å². The van der Waals surface area contributed by atoms with E-state index < -0.39 is 0 Å². The van der Waals surface area contributed by atoms with Gasteiger partial charge in [0.15, 0.2) is 0 Å². The van der Waals surface area contributed by atoms with Crippen molar-refractivity contribution in [3.05, 3.63) is 0 Å². The zero-order valence-corrected chi connectivity index (χ0v) is 15.1. The Morgan fingerprint density at radius 3 is 2.52 bits per heavy atom. The number of carbonyl (C=O) groups excluding carboxylic acids is 2. The van der Waals surface area contributed by atoms with Crippen LogP contribution in [0.4, 0.5) is 0 Å². The van der Waals surface area contributed by atoms with Crippen molar-refractivity contribution in [2.75, 3.05) is 19.6 Å². The largest absolute Gasteiger partial charge is 0.347 e. The Labute approximate surface area is 146 Å². The van der Waals surface area contributed by atoms with E-state index in [2.05, 4.69) is 12.2 Å². The topological polar surface area (TPSA) is 75.4 Å². The van der Waals surface area contributed by atoms with Gasteiger partial charge in [0, 0.05) is 25.6 Å². The molecule has 1 aliphatic carbocycles. The zero-order chi connectivity index (χ0) is 15.9. The van der Waals surface area contributed by atoms with Crippen LogP contribution in [0.5, 0.6) is 0 Å². The van der Waals surface area contributed by atoms with Gasteiger partial charge in [-0.3, -0.25) is 9.59 Å². The van der Waals surface area contributed by atoms with Gasteiger partial charge in [0.05, 0.1) is 6.54 Å². The maximum Gasteiger partial charge on any atom is 0.242 e. The molecule has 23 heavy (non-hydrogen) atoms. The number of nitrogens with zero attached hydrogens (tertiary/aromatic N) is 1. The number of hydrogen-bond donors (Lipinski definition) is 2. The molecule has 0 aromatic rings. The number of nitrogens with two attached hydrogens (primary N) is 1. The van der Waals surface area contributed by atoms with Crippen molar-refractivity contribution >= 4 is 24.2 Å². The fourth-order valence-electron chi connectivity index (χ4n) is 3.80. The third-order valence-electron chi connectivity index (χ3n) is 5.21. The molecular formula is C17H32ClN3O2. The van der Waals surface area contributed by atoms with Crippen LogP contribution in [0.3, 0.4) is 0 Å². The molecule has 2 atom stereocenters. The van der Waals surface area contributed by atoms with Gasteiger partial charge in [0.1, 0.15) is 0 Å². The number of rotatable bonds is 5. The highest BCUT2D eigenvalue weighted by molar-refractivity contribution is 5.85. The lowest BCUT2D eigenvalue weighted by Gasteiger charge is -2.38. The van der Waals surface area contributed by atoms with E-state index in [4.69, 9.17) is 5.73 Å². The summed E-state index contributed by atoms with van der Waals surface area (Å²) in [5.41, 5.74) is 5.79. The Morgan fingerprint density at radius 1 is 1.17 bits per heavy atom. The van der Waals surface area contributed by atoms with Crippen LogP contribution in [0.2, 0.25) is 0 Å². The zero-order valence-electron chi connectivity index (χ0n) is 14.3. The Bertz CT molecular complexity index is 386. The average Bonchev–Trinajstić information content (AvgIpc) is 2.53. The number of halogens is 1. The molecule has 2 aliphatic rings. The molecule has 1 aliphatic heterocycles. The first-order valence-corrected chi connectivity index (χ1v) is 8.86. The second-order valence-corrected chi connectivity index (χ2v) is 7.09. The Kier molecular flexibility index (Phi) is 8.92. The van der Waals surface area contributed by atoms with Crippen LogP contribution in [0, 0.1) is 11.8 Å². The summed E-state index contributed by atoms with van der Waals surface area (Å²) in [7, 11) is 0. The fraction of sp³-hybridized carbons (Fsp3) is 0.882. The van der Waals surface area contributed by atoms with Gasteiger partial charge in [-0.2, -0.15) is 0 Å². The Morgan fingerprint density at radius 2 is 1.87 bits per heavy atom. The molecule has 0 bridgehead atoms. The summed E-state index contributed by atoms with van der Waals surface area (Å²) in [4.78, 5) is 26.2. The molecule has 0 spiro atoms. The molecule has 2 amide bonds. The predicted octanol–water partition coefficient (Wildman–Crippen LogP) is 2.08. The average molecular weight is 346 g/mol. The summed E-state index contributed by atoms with van der Waals surface area (Å²) >= 11 is 0. The first-order valence-electron chi connectivity index (χ1n) is 8.86. The molecule has 1 heterocycles. The minimum absolute atomic E-state index is 0. The highest BCUT2D eigenvalue weighted by atomic mass is 35.5. The smallest absolute Gasteiger partial charge is 0.242 e. The van der Waals surface area contributed by atoms with E-state index in [-0.39, 0.29) is 36.8 Å². The lowest BCUT2D eigenvalue weighted by atomic mass is 9.87. The number of amides is 2. The molecule has 0 radical (unpaired) electrons. The van der Waals surface area contributed by atoms with Crippen LogP contribution in [0.25, 0.3) is 0 Å². The van der Waals surface area contributed by atoms with E-state index >= 15 is 0 Å². The van der Waals surface area contributed by atoms with Crippen LogP contribution in [0.1, 0.15) is 58.3 Å². The molecule has 0 aromatic carbocycles. The lowest BCUT2D eigenvalue weighted by Crippen LogP contribution is -2.52. The minimum atomic E-state index is 0. The summed E-state index contributed by atoms with van der Waals surface area (Å²) in [5.74, 6) is 1.17. The number of hydrogen-bond acceptors (Lipinski definition) is 3. The maximum absolute atomic E-state index is 12.3. The maximum atomic E-state index is 12.3. The summed E-state index contributed by atoms with van der Waals surface area (Å²) in [5, 5.41) is 2.81. The molecule has 2 unspecified atom stereocenters. The monoisotopic (exact) mass is 345 g/mol. The number of likely N-dealkylation sites (tertiary alicyclic amines) is 1. The van der Waals surface area contributed by atoms with E-state index in [1.165, 1.54) is 19.3 Å². The van der Waals surface area contributed by atoms with Gasteiger partial charge in [-0.25, -0.2) is 0 Å². The SMILES string of the molecule is CC1CCN(C(=O)CNC(=O)CC2CCCCC2)C(CN)C1.Cl. The molecule has 1 saturated carbocycles. The highest BCUT2D eigenvalue weighted by Gasteiger charge is 2.29. The molecule has 6 heteroatoms. The third kappa shape index (κ3) is 6.30. The van der Waals surface area contributed by atoms with Crippen LogP contribution in [-0.2, 0) is 9.59 Å². The van der Waals surface area contributed by atoms with Crippen molar-refractivity contribution in [3.8, 4) is 0 Å². The highest BCUT2D eigenvalue weighted by Crippen LogP contribution is 2.26. The molecule has 1 saturated heterocycles. The van der Waals surface area contributed by atoms with Crippen molar-refractivity contribution in [2.45, 2.75) is 64.3 Å². The number of carbonyl (C=O) groups is 2. The first-order chi connectivity index (χ1) is 10.6. The molecular weight excluding hydrogens is 314 g/mol. The third-order valence-corrected chi connectivity index (χ3v) is 5.21. The van der Waals surface area contributed by atoms with Gasteiger partial charge in [-0.1, -0.05) is 26.2 Å². The fourth-order valence-corrected chi connectivity index (χ4v) is 3.80. The van der Waals surface area contributed by atoms with Gasteiger partial charge in [-0.15, -0.1) is 12.4 Å². The molecule has 2 fully saturated rings. The van der Waals surface area contributed by atoms with E-state index in [9.17, 15) is 9.59 Å². The number of nitrogens with one attached hydrogen (secondary N) is 1. The van der Waals surface area contributed by atoms with E-state index in [1.54, 1.807) is 0 Å². The van der Waals surface area contributed by atoms with Gasteiger partial charge < -0.3 is 16.0 Å². The number of piperidine rings is 1. The summed E-state index contributed by atoms with van der Waals surface area (Å²) in [6.45, 7) is 3.60. The van der Waals surface area contributed by atoms with Crippen LogP contribution in [-0.4, -0.2) is 42.4 Å². The van der Waals surface area contributed by atoms with Gasteiger partial charge in [0.25, 0.3) is 0 Å². The summed E-state index contributed by atoms with van der Waals surface area (Å²) in [6.07, 6.45) is 8.65. The summed E-state index contributed by atoms with van der Waals surface area (Å²) < 4.78 is 0. The van der Waals surface area contributed by atoms with E-state index in [0.717, 1.165) is 32.2 Å². The van der Waals surface area contributed by atoms with E-state index in [1.807, 2.05) is 4.90 Å². The second-order valence-electron chi connectivity index (χ2n) is 7.09. The second kappa shape index (κ2) is 10.1. The lowest BCUT2D eigenvalue weighted by molar-refractivity contribution is -0.136. The Balaban J connectivity index is 0.00000264. The van der Waals surface area contributed by atoms with Crippen molar-refractivity contribution in [1.29, 1.82) is 0 Å². The van der Waals surface area contributed by atoms with Gasteiger partial charge in [-0.05, 0) is 37.5 Å². The van der Waals surface area contributed by atoms with Crippen LogP contribution in [0.15, 0.2) is 0 Å². The quantitative estimate of drug-likeness (QED) is 0.801. The van der Waals surface area contributed by atoms with Crippen molar-refractivity contribution < 1.29 is 9.59 Å². The summed E-state index contributed by atoms with van der Waals surface area (Å²) in [6, 6.07) is 0.131. The standard InChI is InChI=1S/C17H31N3O2.ClH/c1-13-7-8-20(15(9-13)11-18)17(22)12-19-16(21)10-14-5-3-2-4-6-14;/h13-15H,2-12,18H2,1H3,(H,19,21);1H. The van der Waals surface area contributed by atoms with Crippen LogP contribution < -0.4 is 11.1 Å². The van der Waals surface area contributed by atoms with E-state index in [0.29, 0.717) is 24.8 Å². The minimum Gasteiger partial charge on any atom is -0.347 e.